The summed E-state index contributed by atoms with van der Waals surface area (Å²) in [4.78, 5) is 22.5. The second-order valence-electron chi connectivity index (χ2n) is 5.83. The molecule has 0 bridgehead atoms. The molecule has 0 aliphatic rings. The minimum absolute atomic E-state index is 0. The molecular weight excluding hydrogens is 312 g/mol. The van der Waals surface area contributed by atoms with E-state index < -0.39 is 12.3 Å². The van der Waals surface area contributed by atoms with Gasteiger partial charge in [-0.3, -0.25) is 0 Å². The first-order valence-electron chi connectivity index (χ1n) is 9.22. The maximum Gasteiger partial charge on any atom is 0.518 e. The van der Waals surface area contributed by atoms with Gasteiger partial charge in [0.1, 0.15) is 0 Å². The molecule has 0 rings (SSSR count). The molecule has 0 spiro atoms. The summed E-state index contributed by atoms with van der Waals surface area (Å²) in [5.74, 6) is 0. The Morgan fingerprint density at radius 3 is 1.29 bits per heavy atom. The van der Waals surface area contributed by atoms with Crippen LogP contribution in [0.3, 0.4) is 0 Å². The van der Waals surface area contributed by atoms with Crippen LogP contribution in [0.15, 0.2) is 0 Å². The molecule has 6 nitrogen and oxygen atoms in total. The van der Waals surface area contributed by atoms with Gasteiger partial charge >= 0.3 is 12.3 Å². The summed E-state index contributed by atoms with van der Waals surface area (Å²) in [6.07, 6.45) is 11.3. The number of hydrogen-bond donors (Lipinski definition) is 0. The molecule has 0 amide bonds. The molecule has 2 N–H and O–H groups in total. The molecule has 0 saturated carbocycles. The first-order chi connectivity index (χ1) is 11.2. The first-order valence-corrected chi connectivity index (χ1v) is 9.22. The quantitative estimate of drug-likeness (QED) is 0.245. The number of carbonyl (C=O) groups excluding carboxylic acids is 2. The third-order valence-corrected chi connectivity index (χ3v) is 3.60. The summed E-state index contributed by atoms with van der Waals surface area (Å²) in [5, 5.41) is 0. The van der Waals surface area contributed by atoms with Crippen LogP contribution >= 0.6 is 0 Å². The van der Waals surface area contributed by atoms with Gasteiger partial charge in [0.15, 0.2) is 0 Å². The van der Waals surface area contributed by atoms with Crippen molar-refractivity contribution in [1.29, 1.82) is 0 Å². The maximum absolute atomic E-state index is 11.3. The smallest absolute Gasteiger partial charge is 0.434 e. The summed E-state index contributed by atoms with van der Waals surface area (Å²) < 4.78 is 14.1. The van der Waals surface area contributed by atoms with Gasteiger partial charge in [-0.2, -0.15) is 0 Å². The number of ether oxygens (including phenoxy) is 3. The van der Waals surface area contributed by atoms with Crippen molar-refractivity contribution in [3.05, 3.63) is 0 Å². The average Bonchev–Trinajstić information content (AvgIpc) is 2.53. The molecule has 0 aromatic rings. The van der Waals surface area contributed by atoms with Crippen molar-refractivity contribution >= 4 is 12.3 Å². The third kappa shape index (κ3) is 18.7. The third-order valence-electron chi connectivity index (χ3n) is 3.60. The van der Waals surface area contributed by atoms with Gasteiger partial charge in [0, 0.05) is 0 Å². The number of unbranched alkanes of at least 4 members (excludes halogenated alkanes) is 10. The molecule has 0 aliphatic carbocycles. The van der Waals surface area contributed by atoms with Gasteiger partial charge in [-0.15, -0.1) is 0 Å². The minimum atomic E-state index is -0.966. The lowest BCUT2D eigenvalue weighted by atomic mass is 10.1. The summed E-state index contributed by atoms with van der Waals surface area (Å²) in [6, 6.07) is 0. The summed E-state index contributed by atoms with van der Waals surface area (Å²) in [5.41, 5.74) is 0. The molecule has 0 aromatic carbocycles. The molecule has 0 unspecified atom stereocenters. The van der Waals surface area contributed by atoms with Gasteiger partial charge in [0.05, 0.1) is 13.2 Å². The Kier molecular flexibility index (Phi) is 20.5. The van der Waals surface area contributed by atoms with Crippen LogP contribution in [-0.4, -0.2) is 31.0 Å². The molecule has 0 radical (unpaired) electrons. The fraction of sp³-hybridized carbons (Fsp3) is 0.889. The van der Waals surface area contributed by atoms with Gasteiger partial charge in [-0.05, 0) is 12.8 Å². The second-order valence-corrected chi connectivity index (χ2v) is 5.83. The molecular formula is C18H36O6. The van der Waals surface area contributed by atoms with E-state index in [4.69, 9.17) is 9.47 Å². The van der Waals surface area contributed by atoms with Crippen molar-refractivity contribution in [2.45, 2.75) is 90.9 Å². The summed E-state index contributed by atoms with van der Waals surface area (Å²) in [6.45, 7) is 4.92. The number of hydrogen-bond acceptors (Lipinski definition) is 5. The van der Waals surface area contributed by atoms with Crippen LogP contribution in [0.4, 0.5) is 9.59 Å². The van der Waals surface area contributed by atoms with Crippen LogP contribution in [0.5, 0.6) is 0 Å². The first kappa shape index (κ1) is 24.9. The highest BCUT2D eigenvalue weighted by Crippen LogP contribution is 2.06. The van der Waals surface area contributed by atoms with Crippen LogP contribution in [0.25, 0.3) is 0 Å². The van der Waals surface area contributed by atoms with Crippen LogP contribution < -0.4 is 0 Å². The number of rotatable bonds is 14. The van der Waals surface area contributed by atoms with Crippen molar-refractivity contribution < 1.29 is 29.3 Å². The molecule has 24 heavy (non-hydrogen) atoms. The highest BCUT2D eigenvalue weighted by Gasteiger charge is 2.12. The Hall–Kier alpha value is -1.30. The molecule has 0 heterocycles. The molecule has 0 aliphatic heterocycles. The van der Waals surface area contributed by atoms with Gasteiger partial charge in [0.2, 0.25) is 0 Å². The predicted octanol–water partition coefficient (Wildman–Crippen LogP) is 5.17. The van der Waals surface area contributed by atoms with Crippen LogP contribution in [0.1, 0.15) is 90.9 Å². The van der Waals surface area contributed by atoms with E-state index in [-0.39, 0.29) is 18.7 Å². The Morgan fingerprint density at radius 2 is 0.917 bits per heavy atom. The van der Waals surface area contributed by atoms with Crippen LogP contribution in [-0.2, 0) is 14.2 Å². The summed E-state index contributed by atoms with van der Waals surface area (Å²) in [7, 11) is 0. The lowest BCUT2D eigenvalue weighted by Crippen LogP contribution is -2.16. The van der Waals surface area contributed by atoms with Gasteiger partial charge < -0.3 is 19.7 Å². The maximum atomic E-state index is 11.3. The van der Waals surface area contributed by atoms with Crippen LogP contribution in [0, 0.1) is 0 Å². The van der Waals surface area contributed by atoms with Crippen molar-refractivity contribution in [1.82, 2.24) is 0 Å². The van der Waals surface area contributed by atoms with E-state index in [9.17, 15) is 9.59 Å². The zero-order chi connectivity index (χ0) is 17.2. The zero-order valence-corrected chi connectivity index (χ0v) is 15.4. The van der Waals surface area contributed by atoms with Gasteiger partial charge in [-0.1, -0.05) is 78.1 Å². The molecule has 0 fully saturated rings. The second kappa shape index (κ2) is 19.7. The van der Waals surface area contributed by atoms with E-state index in [0.29, 0.717) is 0 Å². The van der Waals surface area contributed by atoms with Gasteiger partial charge in [-0.25, -0.2) is 9.59 Å². The van der Waals surface area contributed by atoms with Crippen LogP contribution in [0.2, 0.25) is 0 Å². The molecule has 144 valence electrons. The van der Waals surface area contributed by atoms with Crippen molar-refractivity contribution in [2.75, 3.05) is 13.2 Å². The standard InChI is InChI=1S/C18H34O5.H2O/c1-3-5-7-9-11-13-15-21-17(19)23-18(20)22-16-14-12-10-8-6-4-2;/h3-16H2,1-2H3;1H2. The topological polar surface area (TPSA) is 93.3 Å². The Bertz CT molecular complexity index is 265. The fourth-order valence-corrected chi connectivity index (χ4v) is 2.20. The lowest BCUT2D eigenvalue weighted by Gasteiger charge is -2.06. The predicted molar refractivity (Wildman–Crippen MR) is 94.1 cm³/mol. The largest absolute Gasteiger partial charge is 0.518 e. The summed E-state index contributed by atoms with van der Waals surface area (Å²) >= 11 is 0. The average molecular weight is 348 g/mol. The Morgan fingerprint density at radius 1 is 0.583 bits per heavy atom. The highest BCUT2D eigenvalue weighted by atomic mass is 16.8. The molecule has 6 heteroatoms. The SMILES string of the molecule is CCCCCCCCOC(=O)OC(=O)OCCCCCCCC.O. The molecule has 0 atom stereocenters. The van der Waals surface area contributed by atoms with Gasteiger partial charge in [0.25, 0.3) is 0 Å². The Labute approximate surface area is 146 Å². The lowest BCUT2D eigenvalue weighted by molar-refractivity contribution is 0.0353. The fourth-order valence-electron chi connectivity index (χ4n) is 2.20. The van der Waals surface area contributed by atoms with Crippen molar-refractivity contribution in [3.8, 4) is 0 Å². The molecule has 0 saturated heterocycles. The Balaban J connectivity index is 0. The zero-order valence-electron chi connectivity index (χ0n) is 15.4. The van der Waals surface area contributed by atoms with Crippen molar-refractivity contribution in [3.63, 3.8) is 0 Å². The van der Waals surface area contributed by atoms with E-state index in [2.05, 4.69) is 18.6 Å². The highest BCUT2D eigenvalue weighted by molar-refractivity contribution is 5.76. The monoisotopic (exact) mass is 348 g/mol. The van der Waals surface area contributed by atoms with Crippen molar-refractivity contribution in [2.24, 2.45) is 0 Å². The van der Waals surface area contributed by atoms with E-state index >= 15 is 0 Å². The molecule has 0 aromatic heterocycles. The van der Waals surface area contributed by atoms with E-state index in [1.165, 1.54) is 38.5 Å². The minimum Gasteiger partial charge on any atom is -0.434 e. The normalized spacial score (nSPS) is 9.92. The van der Waals surface area contributed by atoms with E-state index in [1.807, 2.05) is 0 Å². The van der Waals surface area contributed by atoms with E-state index in [1.54, 1.807) is 0 Å². The number of carbonyl (C=O) groups is 2. The van der Waals surface area contributed by atoms with E-state index in [0.717, 1.165) is 38.5 Å².